The SMILES string of the molecule is O=C(CCc1ccnc(N2CCCCC2)c1)Cc1cccc(C(F)(F)F)c1. The molecule has 1 aromatic carbocycles. The quantitative estimate of drug-likeness (QED) is 0.724. The van der Waals surface area contributed by atoms with E-state index in [2.05, 4.69) is 9.88 Å². The number of ketones is 1. The number of rotatable bonds is 6. The van der Waals surface area contributed by atoms with Crippen molar-refractivity contribution in [2.24, 2.45) is 0 Å². The number of hydrogen-bond acceptors (Lipinski definition) is 3. The molecule has 0 spiro atoms. The summed E-state index contributed by atoms with van der Waals surface area (Å²) in [6, 6.07) is 8.90. The number of anilines is 1. The number of nitrogens with zero attached hydrogens (tertiary/aromatic N) is 2. The van der Waals surface area contributed by atoms with E-state index < -0.39 is 11.7 Å². The van der Waals surface area contributed by atoms with E-state index in [1.807, 2.05) is 12.1 Å². The van der Waals surface area contributed by atoms with Crippen molar-refractivity contribution in [1.29, 1.82) is 0 Å². The number of carbonyl (C=O) groups excluding carboxylic acids is 1. The van der Waals surface area contributed by atoms with Gasteiger partial charge in [-0.15, -0.1) is 0 Å². The largest absolute Gasteiger partial charge is 0.416 e. The molecule has 0 amide bonds. The number of Topliss-reactive ketones (excluding diaryl/α,β-unsaturated/α-hetero) is 1. The van der Waals surface area contributed by atoms with Gasteiger partial charge in [0, 0.05) is 32.1 Å². The maximum atomic E-state index is 12.8. The summed E-state index contributed by atoms with van der Waals surface area (Å²) in [5.74, 6) is 0.878. The van der Waals surface area contributed by atoms with Crippen molar-refractivity contribution in [2.75, 3.05) is 18.0 Å². The summed E-state index contributed by atoms with van der Waals surface area (Å²) in [6.07, 6.45) is 1.86. The summed E-state index contributed by atoms with van der Waals surface area (Å²) >= 11 is 0. The highest BCUT2D eigenvalue weighted by Crippen LogP contribution is 2.29. The Morgan fingerprint density at radius 1 is 1.04 bits per heavy atom. The summed E-state index contributed by atoms with van der Waals surface area (Å²) in [6.45, 7) is 2.01. The van der Waals surface area contributed by atoms with Crippen LogP contribution in [0.1, 0.15) is 42.4 Å². The van der Waals surface area contributed by atoms with Crippen LogP contribution in [0.15, 0.2) is 42.6 Å². The second-order valence-corrected chi connectivity index (χ2v) is 6.98. The van der Waals surface area contributed by atoms with Gasteiger partial charge in [0.15, 0.2) is 0 Å². The predicted molar refractivity (Wildman–Crippen MR) is 98.8 cm³/mol. The molecule has 0 bridgehead atoms. The van der Waals surface area contributed by atoms with Gasteiger partial charge < -0.3 is 4.90 Å². The average molecular weight is 376 g/mol. The molecule has 144 valence electrons. The van der Waals surface area contributed by atoms with Crippen LogP contribution in [-0.4, -0.2) is 23.9 Å². The van der Waals surface area contributed by atoms with Crippen LogP contribution in [0.2, 0.25) is 0 Å². The first-order chi connectivity index (χ1) is 12.9. The minimum atomic E-state index is -4.39. The monoisotopic (exact) mass is 376 g/mol. The molecule has 1 aliphatic rings. The Balaban J connectivity index is 1.56. The van der Waals surface area contributed by atoms with Crippen molar-refractivity contribution >= 4 is 11.6 Å². The molecule has 3 nitrogen and oxygen atoms in total. The van der Waals surface area contributed by atoms with E-state index in [1.165, 1.54) is 25.3 Å². The minimum absolute atomic E-state index is 0.0218. The molecule has 3 rings (SSSR count). The van der Waals surface area contributed by atoms with E-state index >= 15 is 0 Å². The van der Waals surface area contributed by atoms with Gasteiger partial charge in [0.25, 0.3) is 0 Å². The smallest absolute Gasteiger partial charge is 0.357 e. The molecule has 0 N–H and O–H groups in total. The summed E-state index contributed by atoms with van der Waals surface area (Å²) in [5.41, 5.74) is 0.717. The number of pyridine rings is 1. The zero-order valence-corrected chi connectivity index (χ0v) is 15.1. The lowest BCUT2D eigenvalue weighted by atomic mass is 10.0. The Kier molecular flexibility index (Phi) is 6.14. The van der Waals surface area contributed by atoms with Gasteiger partial charge in [-0.05, 0) is 55.0 Å². The van der Waals surface area contributed by atoms with Crippen molar-refractivity contribution in [1.82, 2.24) is 4.98 Å². The molecule has 1 aromatic heterocycles. The maximum absolute atomic E-state index is 12.8. The van der Waals surface area contributed by atoms with Crippen LogP contribution in [0.4, 0.5) is 19.0 Å². The van der Waals surface area contributed by atoms with Crippen LogP contribution in [-0.2, 0) is 23.8 Å². The highest BCUT2D eigenvalue weighted by Gasteiger charge is 2.30. The van der Waals surface area contributed by atoms with Crippen LogP contribution >= 0.6 is 0 Å². The first-order valence-corrected chi connectivity index (χ1v) is 9.29. The lowest BCUT2D eigenvalue weighted by molar-refractivity contribution is -0.137. The molecule has 1 aliphatic heterocycles. The van der Waals surface area contributed by atoms with E-state index in [-0.39, 0.29) is 12.2 Å². The Labute approximate surface area is 157 Å². The summed E-state index contributed by atoms with van der Waals surface area (Å²) < 4.78 is 38.3. The van der Waals surface area contributed by atoms with Crippen LogP contribution in [0.5, 0.6) is 0 Å². The Bertz CT molecular complexity index is 783. The molecule has 0 aliphatic carbocycles. The highest BCUT2D eigenvalue weighted by molar-refractivity contribution is 5.81. The number of aryl methyl sites for hydroxylation is 1. The number of aromatic nitrogens is 1. The van der Waals surface area contributed by atoms with Gasteiger partial charge >= 0.3 is 6.18 Å². The van der Waals surface area contributed by atoms with Crippen molar-refractivity contribution in [3.63, 3.8) is 0 Å². The number of carbonyl (C=O) groups is 1. The number of hydrogen-bond donors (Lipinski definition) is 0. The minimum Gasteiger partial charge on any atom is -0.357 e. The van der Waals surface area contributed by atoms with Crippen molar-refractivity contribution in [3.8, 4) is 0 Å². The Hall–Kier alpha value is -2.37. The fourth-order valence-corrected chi connectivity index (χ4v) is 3.37. The van der Waals surface area contributed by atoms with E-state index in [0.29, 0.717) is 18.4 Å². The van der Waals surface area contributed by atoms with Gasteiger partial charge in [-0.1, -0.05) is 18.2 Å². The lowest BCUT2D eigenvalue weighted by Gasteiger charge is -2.27. The molecule has 6 heteroatoms. The number of piperidine rings is 1. The summed E-state index contributed by atoms with van der Waals surface area (Å²) in [5, 5.41) is 0. The van der Waals surface area contributed by atoms with E-state index in [4.69, 9.17) is 0 Å². The third-order valence-corrected chi connectivity index (χ3v) is 4.84. The molecule has 0 atom stereocenters. The molecule has 2 aromatic rings. The predicted octanol–water partition coefficient (Wildman–Crippen LogP) is 4.84. The van der Waals surface area contributed by atoms with Gasteiger partial charge in [-0.3, -0.25) is 4.79 Å². The van der Waals surface area contributed by atoms with Crippen molar-refractivity contribution in [3.05, 3.63) is 59.3 Å². The van der Waals surface area contributed by atoms with E-state index in [0.717, 1.165) is 36.6 Å². The zero-order chi connectivity index (χ0) is 19.3. The third-order valence-electron chi connectivity index (χ3n) is 4.84. The molecule has 0 saturated carbocycles. The van der Waals surface area contributed by atoms with Crippen LogP contribution in [0.3, 0.4) is 0 Å². The molecular formula is C21H23F3N2O. The first-order valence-electron chi connectivity index (χ1n) is 9.29. The van der Waals surface area contributed by atoms with Gasteiger partial charge in [0.05, 0.1) is 5.56 Å². The van der Waals surface area contributed by atoms with Crippen molar-refractivity contribution in [2.45, 2.75) is 44.7 Å². The lowest BCUT2D eigenvalue weighted by Crippen LogP contribution is -2.30. The third kappa shape index (κ3) is 5.55. The van der Waals surface area contributed by atoms with Crippen molar-refractivity contribution < 1.29 is 18.0 Å². The standard InChI is InChI=1S/C21H23F3N2O/c22-21(23,24)18-6-4-5-17(13-18)14-19(27)8-7-16-9-10-25-20(15-16)26-11-2-1-3-12-26/h4-6,9-10,13,15H,1-3,7-8,11-12,14H2. The van der Waals surface area contributed by atoms with Crippen LogP contribution in [0, 0.1) is 0 Å². The van der Waals surface area contributed by atoms with Crippen LogP contribution < -0.4 is 4.90 Å². The molecular weight excluding hydrogens is 353 g/mol. The topological polar surface area (TPSA) is 33.2 Å². The highest BCUT2D eigenvalue weighted by atomic mass is 19.4. The molecule has 2 heterocycles. The van der Waals surface area contributed by atoms with Gasteiger partial charge in [0.2, 0.25) is 0 Å². The second kappa shape index (κ2) is 8.55. The molecule has 1 fully saturated rings. The van der Waals surface area contributed by atoms with E-state index in [1.54, 1.807) is 12.3 Å². The molecule has 1 saturated heterocycles. The Morgan fingerprint density at radius 2 is 1.81 bits per heavy atom. The van der Waals surface area contributed by atoms with Gasteiger partial charge in [-0.25, -0.2) is 4.98 Å². The average Bonchev–Trinajstić information content (AvgIpc) is 2.67. The molecule has 27 heavy (non-hydrogen) atoms. The molecule has 0 unspecified atom stereocenters. The maximum Gasteiger partial charge on any atom is 0.416 e. The Morgan fingerprint density at radius 3 is 2.56 bits per heavy atom. The number of benzene rings is 1. The number of halogens is 3. The summed E-state index contributed by atoms with van der Waals surface area (Å²) in [4.78, 5) is 18.9. The normalized spacial score (nSPS) is 15.0. The second-order valence-electron chi connectivity index (χ2n) is 6.98. The van der Waals surface area contributed by atoms with Gasteiger partial charge in [-0.2, -0.15) is 13.2 Å². The fraction of sp³-hybridized carbons (Fsp3) is 0.429. The molecule has 0 radical (unpaired) electrons. The van der Waals surface area contributed by atoms with Gasteiger partial charge in [0.1, 0.15) is 11.6 Å². The van der Waals surface area contributed by atoms with E-state index in [9.17, 15) is 18.0 Å². The fourth-order valence-electron chi connectivity index (χ4n) is 3.37. The zero-order valence-electron chi connectivity index (χ0n) is 15.1. The van der Waals surface area contributed by atoms with Crippen LogP contribution in [0.25, 0.3) is 0 Å². The first kappa shape index (κ1) is 19.4. The number of alkyl halides is 3. The summed E-state index contributed by atoms with van der Waals surface area (Å²) in [7, 11) is 0.